The molecule has 3 aromatic heterocycles. The van der Waals surface area contributed by atoms with E-state index in [0.29, 0.717) is 39.0 Å². The summed E-state index contributed by atoms with van der Waals surface area (Å²) in [7, 11) is 0. The van der Waals surface area contributed by atoms with E-state index in [0.717, 1.165) is 11.5 Å². The van der Waals surface area contributed by atoms with Gasteiger partial charge < -0.3 is 14.3 Å². The van der Waals surface area contributed by atoms with Gasteiger partial charge in [-0.2, -0.15) is 0 Å². The zero-order valence-corrected chi connectivity index (χ0v) is 18.0. The van der Waals surface area contributed by atoms with Crippen molar-refractivity contribution in [3.8, 4) is 0 Å². The average Bonchev–Trinajstić information content (AvgIpc) is 3.32. The number of nitrogens with zero attached hydrogens (tertiary/aromatic N) is 3. The van der Waals surface area contributed by atoms with Gasteiger partial charge in [0.05, 0.1) is 11.3 Å². The van der Waals surface area contributed by atoms with Gasteiger partial charge in [0.1, 0.15) is 16.3 Å². The molecule has 1 aromatic carbocycles. The number of aryl methyl sites for hydroxylation is 1. The third kappa shape index (κ3) is 4.38. The average molecular weight is 423 g/mol. The topological polar surface area (TPSA) is 94.1 Å². The minimum absolute atomic E-state index is 0.188. The van der Waals surface area contributed by atoms with Crippen LogP contribution in [0.5, 0.6) is 0 Å². The first kappa shape index (κ1) is 20.2. The third-order valence-corrected chi connectivity index (χ3v) is 5.38. The van der Waals surface area contributed by atoms with Crippen molar-refractivity contribution in [2.75, 3.05) is 5.32 Å². The van der Waals surface area contributed by atoms with Crippen LogP contribution in [0.3, 0.4) is 0 Å². The van der Waals surface area contributed by atoms with Crippen LogP contribution in [0.2, 0.25) is 0 Å². The Balaban J connectivity index is 1.52. The number of carbonyl (C=O) groups excluding carboxylic acids is 1. The van der Waals surface area contributed by atoms with Crippen molar-refractivity contribution in [2.24, 2.45) is 0 Å². The summed E-state index contributed by atoms with van der Waals surface area (Å²) in [5.74, 6) is 1.74. The fraction of sp³-hybridized carbons (Fsp3) is 0.273. The van der Waals surface area contributed by atoms with E-state index in [1.165, 1.54) is 11.8 Å². The number of benzene rings is 1. The first-order valence-corrected chi connectivity index (χ1v) is 10.5. The molecule has 0 atom stereocenters. The van der Waals surface area contributed by atoms with Gasteiger partial charge in [-0.25, -0.2) is 9.97 Å². The van der Waals surface area contributed by atoms with Crippen molar-refractivity contribution in [3.63, 3.8) is 0 Å². The molecule has 0 aliphatic rings. The first-order valence-electron chi connectivity index (χ1n) is 9.52. The smallest absolute Gasteiger partial charge is 0.258 e. The molecule has 30 heavy (non-hydrogen) atoms. The molecule has 1 amide bonds. The molecule has 4 rings (SSSR count). The highest BCUT2D eigenvalue weighted by atomic mass is 32.2. The van der Waals surface area contributed by atoms with Gasteiger partial charge in [-0.3, -0.25) is 4.79 Å². The molecule has 8 heteroatoms. The summed E-state index contributed by atoms with van der Waals surface area (Å²) in [5, 5.41) is 7.55. The first-order chi connectivity index (χ1) is 14.3. The molecule has 3 heterocycles. The van der Waals surface area contributed by atoms with E-state index in [9.17, 15) is 4.79 Å². The number of hydrogen-bond acceptors (Lipinski definition) is 7. The highest BCUT2D eigenvalue weighted by Gasteiger charge is 2.21. The van der Waals surface area contributed by atoms with Crippen molar-refractivity contribution < 1.29 is 13.7 Å². The van der Waals surface area contributed by atoms with Crippen molar-refractivity contribution in [1.29, 1.82) is 0 Å². The van der Waals surface area contributed by atoms with Crippen molar-refractivity contribution in [3.05, 3.63) is 65.5 Å². The number of anilines is 1. The number of pyridine rings is 1. The van der Waals surface area contributed by atoms with Crippen LogP contribution in [0, 0.1) is 6.92 Å². The number of nitrogens with one attached hydrogen (secondary N) is 1. The summed E-state index contributed by atoms with van der Waals surface area (Å²) in [5.41, 5.74) is 3.16. The molecule has 0 aliphatic heterocycles. The second-order valence-electron chi connectivity index (χ2n) is 7.98. The lowest BCUT2D eigenvalue weighted by molar-refractivity contribution is 0.102. The number of rotatable bonds is 5. The Hall–Kier alpha value is -3.13. The molecule has 0 bridgehead atoms. The highest BCUT2D eigenvalue weighted by Crippen LogP contribution is 2.28. The summed E-state index contributed by atoms with van der Waals surface area (Å²) < 4.78 is 10.9. The zero-order valence-electron chi connectivity index (χ0n) is 17.2. The van der Waals surface area contributed by atoms with E-state index >= 15 is 0 Å². The van der Waals surface area contributed by atoms with E-state index in [1.54, 1.807) is 24.4 Å². The predicted molar refractivity (Wildman–Crippen MR) is 116 cm³/mol. The Morgan fingerprint density at radius 3 is 2.77 bits per heavy atom. The highest BCUT2D eigenvalue weighted by molar-refractivity contribution is 7.98. The van der Waals surface area contributed by atoms with Gasteiger partial charge in [-0.1, -0.05) is 37.7 Å². The fourth-order valence-electron chi connectivity index (χ4n) is 2.83. The Kier molecular flexibility index (Phi) is 5.34. The molecule has 0 saturated heterocycles. The monoisotopic (exact) mass is 422 g/mol. The number of hydrogen-bond donors (Lipinski definition) is 1. The summed E-state index contributed by atoms with van der Waals surface area (Å²) in [6, 6.07) is 10.8. The van der Waals surface area contributed by atoms with Crippen LogP contribution in [0.1, 0.15) is 48.5 Å². The van der Waals surface area contributed by atoms with Gasteiger partial charge in [0.2, 0.25) is 5.89 Å². The second kappa shape index (κ2) is 7.95. The summed E-state index contributed by atoms with van der Waals surface area (Å²) in [6.07, 6.45) is 1.67. The number of fused-ring (bicyclic) bond motifs is 1. The SMILES string of the molecule is Cc1cc(CSc2ncccc2C(=O)Nc2ccc3oc(C(C)(C)C)nc3c2)no1. The minimum Gasteiger partial charge on any atom is -0.440 e. The van der Waals surface area contributed by atoms with E-state index < -0.39 is 0 Å². The van der Waals surface area contributed by atoms with E-state index in [1.807, 2.05) is 45.9 Å². The molecule has 0 aliphatic carbocycles. The van der Waals surface area contributed by atoms with Gasteiger partial charge in [0, 0.05) is 29.1 Å². The van der Waals surface area contributed by atoms with Crippen molar-refractivity contribution in [1.82, 2.24) is 15.1 Å². The van der Waals surface area contributed by atoms with Crippen LogP contribution in [-0.4, -0.2) is 21.0 Å². The molecule has 0 radical (unpaired) electrons. The van der Waals surface area contributed by atoms with Gasteiger partial charge >= 0.3 is 0 Å². The maximum atomic E-state index is 12.9. The zero-order chi connectivity index (χ0) is 21.3. The molecule has 1 N–H and O–H groups in total. The molecule has 0 saturated carbocycles. The minimum atomic E-state index is -0.235. The molecule has 4 aromatic rings. The van der Waals surface area contributed by atoms with Crippen molar-refractivity contribution >= 4 is 34.5 Å². The molecular weight excluding hydrogens is 400 g/mol. The number of amides is 1. The van der Waals surface area contributed by atoms with E-state index in [2.05, 4.69) is 20.4 Å². The predicted octanol–water partition coefficient (Wildman–Crippen LogP) is 5.36. The van der Waals surface area contributed by atoms with Crippen LogP contribution in [0.25, 0.3) is 11.1 Å². The molecular formula is C22H22N4O3S. The summed E-state index contributed by atoms with van der Waals surface area (Å²) in [6.45, 7) is 7.98. The molecule has 0 spiro atoms. The quantitative estimate of drug-likeness (QED) is 0.433. The Morgan fingerprint density at radius 2 is 2.03 bits per heavy atom. The molecule has 154 valence electrons. The van der Waals surface area contributed by atoms with Crippen molar-refractivity contribution in [2.45, 2.75) is 43.9 Å². The Morgan fingerprint density at radius 1 is 1.20 bits per heavy atom. The normalized spacial score (nSPS) is 11.7. The lowest BCUT2D eigenvalue weighted by Crippen LogP contribution is -2.13. The van der Waals surface area contributed by atoms with Crippen LogP contribution in [0.15, 0.2) is 56.6 Å². The van der Waals surface area contributed by atoms with E-state index in [-0.39, 0.29) is 11.3 Å². The van der Waals surface area contributed by atoms with Crippen LogP contribution in [0.4, 0.5) is 5.69 Å². The van der Waals surface area contributed by atoms with Crippen LogP contribution < -0.4 is 5.32 Å². The molecule has 0 fully saturated rings. The van der Waals surface area contributed by atoms with Crippen LogP contribution >= 0.6 is 11.8 Å². The maximum Gasteiger partial charge on any atom is 0.258 e. The fourth-order valence-corrected chi connectivity index (χ4v) is 3.70. The maximum absolute atomic E-state index is 12.9. The van der Waals surface area contributed by atoms with Crippen LogP contribution in [-0.2, 0) is 11.2 Å². The Bertz CT molecular complexity index is 1210. The van der Waals surface area contributed by atoms with Gasteiger partial charge in [0.25, 0.3) is 5.91 Å². The summed E-state index contributed by atoms with van der Waals surface area (Å²) >= 11 is 1.44. The second-order valence-corrected chi connectivity index (χ2v) is 8.94. The molecule has 7 nitrogen and oxygen atoms in total. The third-order valence-electron chi connectivity index (χ3n) is 4.34. The number of carbonyl (C=O) groups is 1. The number of aromatic nitrogens is 3. The number of thioether (sulfide) groups is 1. The van der Waals surface area contributed by atoms with E-state index in [4.69, 9.17) is 8.94 Å². The Labute approximate surface area is 178 Å². The van der Waals surface area contributed by atoms with Gasteiger partial charge in [-0.05, 0) is 37.3 Å². The lowest BCUT2D eigenvalue weighted by atomic mass is 9.97. The lowest BCUT2D eigenvalue weighted by Gasteiger charge is -2.11. The number of oxazole rings is 1. The van der Waals surface area contributed by atoms with Gasteiger partial charge in [-0.15, -0.1) is 0 Å². The summed E-state index contributed by atoms with van der Waals surface area (Å²) in [4.78, 5) is 21.8. The molecule has 0 unspecified atom stereocenters. The largest absolute Gasteiger partial charge is 0.440 e. The standard InChI is InChI=1S/C22H22N4O3S/c1-13-10-15(26-29-13)12-30-20-16(6-5-9-23-20)19(27)24-14-7-8-18-17(11-14)25-21(28-18)22(2,3)4/h5-11H,12H2,1-4H3,(H,24,27). The van der Waals surface area contributed by atoms with Gasteiger partial charge in [0.15, 0.2) is 5.58 Å².